The van der Waals surface area contributed by atoms with E-state index >= 15 is 8.78 Å². The van der Waals surface area contributed by atoms with E-state index in [2.05, 4.69) is 26.2 Å². The highest BCUT2D eigenvalue weighted by Crippen LogP contribution is 2.43. The Morgan fingerprint density at radius 2 is 1.74 bits per heavy atom. The lowest BCUT2D eigenvalue weighted by molar-refractivity contribution is -0.134. The van der Waals surface area contributed by atoms with Gasteiger partial charge in [0.15, 0.2) is 23.3 Å². The molecule has 1 aromatic heterocycles. The third kappa shape index (κ3) is 5.16. The lowest BCUT2D eigenvalue weighted by atomic mass is 9.84. The first kappa shape index (κ1) is 27.0. The molecule has 1 aromatic carbocycles. The summed E-state index contributed by atoms with van der Waals surface area (Å²) in [6.07, 6.45) is 2.93. The fourth-order valence-corrected chi connectivity index (χ4v) is 6.10. The van der Waals surface area contributed by atoms with E-state index in [1.165, 1.54) is 24.4 Å². The maximum absolute atomic E-state index is 15.1. The molecule has 2 atom stereocenters. The highest BCUT2D eigenvalue weighted by atomic mass is 79.9. The maximum Gasteiger partial charge on any atom is 0.267 e. The Hall–Kier alpha value is -2.60. The molecule has 12 heteroatoms. The van der Waals surface area contributed by atoms with Crippen LogP contribution in [0, 0.1) is 17.5 Å². The van der Waals surface area contributed by atoms with Crippen LogP contribution in [0.15, 0.2) is 28.9 Å². The summed E-state index contributed by atoms with van der Waals surface area (Å²) in [7, 11) is 0. The molecule has 6 nitrogen and oxygen atoms in total. The molecule has 1 N–H and O–H groups in total. The summed E-state index contributed by atoms with van der Waals surface area (Å²) in [5.74, 6) is -8.97. The first-order valence-corrected chi connectivity index (χ1v) is 13.3. The normalized spacial score (nSPS) is 24.9. The number of anilines is 1. The third-order valence-corrected chi connectivity index (χ3v) is 8.45. The number of likely N-dealkylation sites (tertiary alicyclic amines) is 1. The van der Waals surface area contributed by atoms with E-state index in [0.717, 1.165) is 0 Å². The van der Waals surface area contributed by atoms with Crippen LogP contribution in [0.5, 0.6) is 0 Å². The third-order valence-electron chi connectivity index (χ3n) is 7.83. The number of hydrogen-bond acceptors (Lipinski definition) is 5. The van der Waals surface area contributed by atoms with E-state index in [0.29, 0.717) is 44.5 Å². The highest BCUT2D eigenvalue weighted by molar-refractivity contribution is 9.10. The summed E-state index contributed by atoms with van der Waals surface area (Å²) in [4.78, 5) is 31.1. The lowest BCUT2D eigenvalue weighted by Gasteiger charge is -2.45. The predicted octanol–water partition coefficient (Wildman–Crippen LogP) is 4.88. The van der Waals surface area contributed by atoms with Crippen LogP contribution in [0.3, 0.4) is 0 Å². The molecule has 2 amide bonds. The van der Waals surface area contributed by atoms with Crippen LogP contribution in [-0.2, 0) is 9.59 Å². The number of benzene rings is 1. The van der Waals surface area contributed by atoms with E-state index in [-0.39, 0.29) is 40.6 Å². The Balaban J connectivity index is 1.21. The molecule has 2 aromatic rings. The van der Waals surface area contributed by atoms with Crippen molar-refractivity contribution in [2.45, 2.75) is 55.9 Å². The number of rotatable bonds is 4. The van der Waals surface area contributed by atoms with E-state index < -0.39 is 47.7 Å². The SMILES string of the molecule is O=C1CCC(c2cnc(N3CCC(N4CC[C@H](c5ccc(Br)c(F)c5F)C(F)(F)C4)CC3)c(F)c2)C(=O)N1. The van der Waals surface area contributed by atoms with Crippen molar-refractivity contribution in [1.29, 1.82) is 0 Å². The molecule has 3 fully saturated rings. The van der Waals surface area contributed by atoms with Gasteiger partial charge in [-0.25, -0.2) is 26.9 Å². The van der Waals surface area contributed by atoms with Crippen LogP contribution in [0.25, 0.3) is 0 Å². The minimum Gasteiger partial charge on any atom is -0.354 e. The molecular weight excluding hydrogens is 575 g/mol. The van der Waals surface area contributed by atoms with E-state index in [1.54, 1.807) is 9.80 Å². The minimum atomic E-state index is -3.24. The Kier molecular flexibility index (Phi) is 7.47. The molecule has 0 bridgehead atoms. The van der Waals surface area contributed by atoms with Crippen LogP contribution in [0.4, 0.5) is 27.8 Å². The van der Waals surface area contributed by atoms with Crippen molar-refractivity contribution < 1.29 is 31.5 Å². The second-order valence-electron chi connectivity index (χ2n) is 10.1. The predicted molar refractivity (Wildman–Crippen MR) is 132 cm³/mol. The fourth-order valence-electron chi connectivity index (χ4n) is 5.79. The fraction of sp³-hybridized carbons (Fsp3) is 0.500. The number of nitrogens with one attached hydrogen (secondary N) is 1. The van der Waals surface area contributed by atoms with Gasteiger partial charge in [-0.05, 0) is 65.9 Å². The van der Waals surface area contributed by atoms with Crippen molar-refractivity contribution in [1.82, 2.24) is 15.2 Å². The van der Waals surface area contributed by atoms with Gasteiger partial charge in [-0.2, -0.15) is 0 Å². The Labute approximate surface area is 224 Å². The number of pyridine rings is 1. The first-order valence-electron chi connectivity index (χ1n) is 12.5. The van der Waals surface area contributed by atoms with Gasteiger partial charge in [0, 0.05) is 37.3 Å². The molecule has 0 spiro atoms. The van der Waals surface area contributed by atoms with Crippen LogP contribution >= 0.6 is 15.9 Å². The number of amides is 2. The number of nitrogens with zero attached hydrogens (tertiary/aromatic N) is 3. The van der Waals surface area contributed by atoms with Crippen molar-refractivity contribution >= 4 is 33.6 Å². The summed E-state index contributed by atoms with van der Waals surface area (Å²) < 4.78 is 73.5. The topological polar surface area (TPSA) is 65.5 Å². The number of aromatic nitrogens is 1. The van der Waals surface area contributed by atoms with Crippen molar-refractivity contribution in [2.24, 2.45) is 0 Å². The van der Waals surface area contributed by atoms with Gasteiger partial charge in [-0.15, -0.1) is 0 Å². The van der Waals surface area contributed by atoms with Crippen molar-refractivity contribution in [3.05, 3.63) is 57.4 Å². The lowest BCUT2D eigenvalue weighted by Crippen LogP contribution is -2.54. The van der Waals surface area contributed by atoms with Crippen molar-refractivity contribution in [3.8, 4) is 0 Å². The number of alkyl halides is 2. The van der Waals surface area contributed by atoms with Gasteiger partial charge >= 0.3 is 0 Å². The van der Waals surface area contributed by atoms with Gasteiger partial charge in [0.2, 0.25) is 11.8 Å². The summed E-state index contributed by atoms with van der Waals surface area (Å²) in [6, 6.07) is 3.57. The number of imide groups is 1. The molecule has 0 aliphatic carbocycles. The standard InChI is InChI=1S/C26H26BrF5N4O2/c27-19-3-1-17(22(29)23(19)30)18-7-10-36(13-26(18,31)32)15-5-8-35(9-6-15)24-20(28)11-14(12-33-24)16-2-4-21(37)34-25(16)38/h1,3,11-12,15-16,18H,2,4-10,13H2,(H,34,37,38)/t16?,18-/m1/s1. The smallest absolute Gasteiger partial charge is 0.267 e. The molecule has 1 unspecified atom stereocenters. The van der Waals surface area contributed by atoms with Gasteiger partial charge < -0.3 is 4.90 Å². The van der Waals surface area contributed by atoms with Crippen LogP contribution < -0.4 is 10.2 Å². The van der Waals surface area contributed by atoms with Crippen LogP contribution in [0.1, 0.15) is 55.1 Å². The Morgan fingerprint density at radius 3 is 2.39 bits per heavy atom. The number of piperidine rings is 3. The molecule has 0 saturated carbocycles. The van der Waals surface area contributed by atoms with Crippen LogP contribution in [-0.4, -0.2) is 59.8 Å². The first-order chi connectivity index (χ1) is 18.0. The van der Waals surface area contributed by atoms with E-state index in [9.17, 15) is 22.8 Å². The Morgan fingerprint density at radius 1 is 1.00 bits per heavy atom. The molecule has 3 saturated heterocycles. The number of hydrogen-bond donors (Lipinski definition) is 1. The van der Waals surface area contributed by atoms with Gasteiger partial charge in [-0.3, -0.25) is 19.8 Å². The van der Waals surface area contributed by atoms with E-state index in [4.69, 9.17) is 0 Å². The zero-order chi connectivity index (χ0) is 27.2. The van der Waals surface area contributed by atoms with Gasteiger partial charge in [0.05, 0.1) is 22.9 Å². The van der Waals surface area contributed by atoms with Crippen LogP contribution in [0.2, 0.25) is 0 Å². The molecule has 5 rings (SSSR count). The number of carbonyl (C=O) groups excluding carboxylic acids is 2. The van der Waals surface area contributed by atoms with Crippen molar-refractivity contribution in [3.63, 3.8) is 0 Å². The molecule has 0 radical (unpaired) electrons. The average Bonchev–Trinajstić information content (AvgIpc) is 2.87. The summed E-state index contributed by atoms with van der Waals surface area (Å²) in [5.41, 5.74) is 0.0887. The molecule has 3 aliphatic rings. The van der Waals surface area contributed by atoms with Gasteiger partial charge in [0.25, 0.3) is 5.92 Å². The summed E-state index contributed by atoms with van der Waals surface area (Å²) in [6.45, 7) is 0.566. The average molecular weight is 601 g/mol. The highest BCUT2D eigenvalue weighted by Gasteiger charge is 2.48. The Bertz CT molecular complexity index is 1250. The summed E-state index contributed by atoms with van der Waals surface area (Å²) >= 11 is 2.88. The zero-order valence-corrected chi connectivity index (χ0v) is 21.9. The molecule has 4 heterocycles. The molecular formula is C26H26BrF5N4O2. The van der Waals surface area contributed by atoms with Gasteiger partial charge in [0.1, 0.15) is 0 Å². The monoisotopic (exact) mass is 600 g/mol. The number of halogens is 6. The molecule has 3 aliphatic heterocycles. The molecule has 204 valence electrons. The zero-order valence-electron chi connectivity index (χ0n) is 20.3. The largest absolute Gasteiger partial charge is 0.354 e. The second-order valence-corrected chi connectivity index (χ2v) is 11.0. The quantitative estimate of drug-likeness (QED) is 0.308. The van der Waals surface area contributed by atoms with Gasteiger partial charge in [-0.1, -0.05) is 6.07 Å². The second kappa shape index (κ2) is 10.5. The molecule has 38 heavy (non-hydrogen) atoms. The number of carbonyl (C=O) groups is 2. The van der Waals surface area contributed by atoms with E-state index in [1.807, 2.05) is 0 Å². The summed E-state index contributed by atoms with van der Waals surface area (Å²) in [5, 5.41) is 2.25. The minimum absolute atomic E-state index is 0.0107. The van der Waals surface area contributed by atoms with Crippen molar-refractivity contribution in [2.75, 3.05) is 31.1 Å². The maximum atomic E-state index is 15.1.